The van der Waals surface area contributed by atoms with Gasteiger partial charge in [0, 0.05) is 59.1 Å². The molecule has 0 fully saturated rings. The van der Waals surface area contributed by atoms with E-state index in [4.69, 9.17) is 0 Å². The number of nitrogens with zero attached hydrogens (tertiary/aromatic N) is 1. The van der Waals surface area contributed by atoms with E-state index < -0.39 is 5.41 Å². The fourth-order valence-electron chi connectivity index (χ4n) is 11.4. The quantitative estimate of drug-likeness (QED) is 0.183. The monoisotopic (exact) mass is 830 g/mol. The second-order valence-electron chi connectivity index (χ2n) is 17.2. The van der Waals surface area contributed by atoms with E-state index in [0.717, 1.165) is 22.6 Å². The van der Waals surface area contributed by atoms with Crippen molar-refractivity contribution in [3.63, 3.8) is 0 Å². The van der Waals surface area contributed by atoms with Gasteiger partial charge in [-0.2, -0.15) is 0 Å². The van der Waals surface area contributed by atoms with Crippen LogP contribution in [0.2, 0.25) is 0 Å². The molecule has 2 aliphatic rings. The van der Waals surface area contributed by atoms with Crippen molar-refractivity contribution in [2.75, 3.05) is 5.32 Å². The first-order chi connectivity index (χ1) is 31.7. The maximum Gasteiger partial charge on any atom is 0.0726 e. The highest BCUT2D eigenvalue weighted by molar-refractivity contribution is 7.26. The summed E-state index contributed by atoms with van der Waals surface area (Å²) in [6, 6.07) is 83.1. The molecule has 14 rings (SSSR count). The first kappa shape index (κ1) is 35.6. The second kappa shape index (κ2) is 13.5. The van der Waals surface area contributed by atoms with Gasteiger partial charge in [-0.05, 0) is 110 Å². The van der Waals surface area contributed by atoms with Crippen molar-refractivity contribution in [2.24, 2.45) is 0 Å². The van der Waals surface area contributed by atoms with Gasteiger partial charge in [-0.3, -0.25) is 0 Å². The largest absolute Gasteiger partial charge is 0.355 e. The summed E-state index contributed by atoms with van der Waals surface area (Å²) in [5, 5.41) is 9.11. The number of fused-ring (bicyclic) bond motifs is 17. The van der Waals surface area contributed by atoms with Crippen molar-refractivity contribution < 1.29 is 0 Å². The van der Waals surface area contributed by atoms with Crippen LogP contribution in [-0.2, 0) is 5.41 Å². The normalized spacial score (nSPS) is 13.1. The summed E-state index contributed by atoms with van der Waals surface area (Å²) in [5.41, 5.74) is 20.7. The van der Waals surface area contributed by atoms with Crippen LogP contribution in [0.5, 0.6) is 0 Å². The molecule has 1 spiro atoms. The molecule has 0 saturated heterocycles. The van der Waals surface area contributed by atoms with Crippen molar-refractivity contribution >= 4 is 64.7 Å². The predicted octanol–water partition coefficient (Wildman–Crippen LogP) is 16.6. The van der Waals surface area contributed by atoms with Gasteiger partial charge in [0.05, 0.1) is 16.4 Å². The molecule has 298 valence electrons. The lowest BCUT2D eigenvalue weighted by Crippen LogP contribution is -2.25. The molecule has 1 N–H and O–H groups in total. The summed E-state index contributed by atoms with van der Waals surface area (Å²) in [5.74, 6) is 0. The van der Waals surface area contributed by atoms with E-state index in [1.165, 1.54) is 103 Å². The van der Waals surface area contributed by atoms with Gasteiger partial charge in [-0.1, -0.05) is 170 Å². The van der Waals surface area contributed by atoms with E-state index in [9.17, 15) is 0 Å². The number of para-hydroxylation sites is 2. The molecule has 2 heterocycles. The minimum atomic E-state index is -0.445. The third-order valence-electron chi connectivity index (χ3n) is 14.0. The van der Waals surface area contributed by atoms with Crippen LogP contribution in [0.4, 0.5) is 11.4 Å². The maximum atomic E-state index is 3.98. The Labute approximate surface area is 375 Å². The predicted molar refractivity (Wildman–Crippen MR) is 271 cm³/mol. The minimum absolute atomic E-state index is 0.445. The molecule has 2 nitrogen and oxygen atoms in total. The van der Waals surface area contributed by atoms with Crippen molar-refractivity contribution in [3.05, 3.63) is 247 Å². The van der Waals surface area contributed by atoms with Crippen LogP contribution in [0.3, 0.4) is 0 Å². The molecule has 0 unspecified atom stereocenters. The zero-order valence-electron chi connectivity index (χ0n) is 34.7. The molecule has 2 aromatic heterocycles. The Kier molecular flexibility index (Phi) is 7.51. The number of aromatic nitrogens is 1. The zero-order chi connectivity index (χ0) is 41.9. The van der Waals surface area contributed by atoms with Crippen LogP contribution in [0.15, 0.2) is 224 Å². The molecule has 2 aliphatic carbocycles. The maximum absolute atomic E-state index is 3.98. The summed E-state index contributed by atoms with van der Waals surface area (Å²) in [4.78, 5) is 0. The smallest absolute Gasteiger partial charge is 0.0726 e. The number of thiophene rings is 1. The fourth-order valence-corrected chi connectivity index (χ4v) is 12.6. The van der Waals surface area contributed by atoms with E-state index in [2.05, 4.69) is 234 Å². The van der Waals surface area contributed by atoms with E-state index in [1.54, 1.807) is 0 Å². The van der Waals surface area contributed by atoms with Crippen molar-refractivity contribution in [3.8, 4) is 50.2 Å². The molecular formula is C61H38N2S. The topological polar surface area (TPSA) is 17.0 Å². The Morgan fingerprint density at radius 1 is 0.375 bits per heavy atom. The Bertz CT molecular complexity index is 3840. The Balaban J connectivity index is 0.921. The van der Waals surface area contributed by atoms with E-state index in [0.29, 0.717) is 0 Å². The Hall–Kier alpha value is -7.98. The molecule has 0 amide bonds. The zero-order valence-corrected chi connectivity index (χ0v) is 35.5. The van der Waals surface area contributed by atoms with E-state index >= 15 is 0 Å². The molecule has 0 saturated carbocycles. The fraction of sp³-hybridized carbons (Fsp3) is 0.0164. The van der Waals surface area contributed by atoms with Crippen LogP contribution in [0, 0.1) is 0 Å². The van der Waals surface area contributed by atoms with Gasteiger partial charge >= 0.3 is 0 Å². The van der Waals surface area contributed by atoms with Crippen LogP contribution < -0.4 is 5.32 Å². The van der Waals surface area contributed by atoms with Crippen LogP contribution in [0.1, 0.15) is 22.3 Å². The number of hydrogen-bond acceptors (Lipinski definition) is 2. The standard InChI is InChI=1S/C61H38N2S/c1-2-15-38(16-3-1)39-17-14-18-42(35-39)63-56-27-12-7-22-46(56)50-36-40(29-34-57(50)63)43-19-6-11-26-55(43)62-41-30-31-49-54(37-41)61(51-24-9-4-20-44(51)45-21-5-10-25-52(45)61)53-33-32-48-47-23-8-13-28-58(47)64-60(48)59(49)53/h1-37,62H. The molecule has 0 bridgehead atoms. The number of benzene rings is 10. The van der Waals surface area contributed by atoms with Crippen LogP contribution in [-0.4, -0.2) is 4.57 Å². The SMILES string of the molecule is c1ccc(-c2cccc(-n3c4ccccc4c4cc(-c5ccccc5Nc5ccc6c(c5)C5(c7ccccc7-c7ccccc75)c5ccc7c(sc8ccccc87)c5-6)ccc43)c2)cc1. The molecule has 64 heavy (non-hydrogen) atoms. The molecule has 0 radical (unpaired) electrons. The van der Waals surface area contributed by atoms with Crippen LogP contribution in [0.25, 0.3) is 92.2 Å². The third kappa shape index (κ3) is 4.90. The molecule has 10 aromatic carbocycles. The highest BCUT2D eigenvalue weighted by atomic mass is 32.1. The van der Waals surface area contributed by atoms with E-state index in [-0.39, 0.29) is 0 Å². The third-order valence-corrected chi connectivity index (χ3v) is 15.2. The van der Waals surface area contributed by atoms with E-state index in [1.807, 2.05) is 11.3 Å². The highest BCUT2D eigenvalue weighted by Gasteiger charge is 2.52. The average Bonchev–Trinajstić information content (AvgIpc) is 4.08. The summed E-state index contributed by atoms with van der Waals surface area (Å²) in [7, 11) is 0. The van der Waals surface area contributed by atoms with Gasteiger partial charge in [0.1, 0.15) is 0 Å². The van der Waals surface area contributed by atoms with Gasteiger partial charge in [0.15, 0.2) is 0 Å². The van der Waals surface area contributed by atoms with Gasteiger partial charge in [0.25, 0.3) is 0 Å². The number of anilines is 2. The molecule has 0 aliphatic heterocycles. The molecule has 3 heteroatoms. The molecule has 0 atom stereocenters. The lowest BCUT2D eigenvalue weighted by atomic mass is 9.70. The van der Waals surface area contributed by atoms with Crippen molar-refractivity contribution in [1.82, 2.24) is 4.57 Å². The van der Waals surface area contributed by atoms with Crippen LogP contribution >= 0.6 is 11.3 Å². The highest BCUT2D eigenvalue weighted by Crippen LogP contribution is 2.65. The van der Waals surface area contributed by atoms with Gasteiger partial charge in [-0.25, -0.2) is 0 Å². The summed E-state index contributed by atoms with van der Waals surface area (Å²) >= 11 is 1.93. The first-order valence-electron chi connectivity index (χ1n) is 22.1. The molecular weight excluding hydrogens is 793 g/mol. The summed E-state index contributed by atoms with van der Waals surface area (Å²) in [6.07, 6.45) is 0. The van der Waals surface area contributed by atoms with Crippen molar-refractivity contribution in [2.45, 2.75) is 5.41 Å². The summed E-state index contributed by atoms with van der Waals surface area (Å²) in [6.45, 7) is 0. The Morgan fingerprint density at radius 2 is 1.06 bits per heavy atom. The number of hydrogen-bond donors (Lipinski definition) is 1. The van der Waals surface area contributed by atoms with Gasteiger partial charge in [0.2, 0.25) is 0 Å². The molecule has 12 aromatic rings. The minimum Gasteiger partial charge on any atom is -0.355 e. The number of rotatable bonds is 5. The number of nitrogens with one attached hydrogen (secondary N) is 1. The lowest BCUT2D eigenvalue weighted by molar-refractivity contribution is 0.795. The second-order valence-corrected chi connectivity index (χ2v) is 18.3. The van der Waals surface area contributed by atoms with Gasteiger partial charge in [-0.15, -0.1) is 11.3 Å². The average molecular weight is 831 g/mol. The lowest BCUT2D eigenvalue weighted by Gasteiger charge is -2.30. The Morgan fingerprint density at radius 3 is 1.91 bits per heavy atom. The van der Waals surface area contributed by atoms with Crippen molar-refractivity contribution in [1.29, 1.82) is 0 Å². The van der Waals surface area contributed by atoms with Gasteiger partial charge < -0.3 is 9.88 Å². The summed E-state index contributed by atoms with van der Waals surface area (Å²) < 4.78 is 5.11. The first-order valence-corrected chi connectivity index (χ1v) is 22.9.